The quantitative estimate of drug-likeness (QED) is 0.906. The van der Waals surface area contributed by atoms with Crippen molar-refractivity contribution in [2.45, 2.75) is 26.5 Å². The third-order valence-electron chi connectivity index (χ3n) is 2.52. The molecule has 0 saturated carbocycles. The van der Waals surface area contributed by atoms with E-state index in [1.807, 2.05) is 13.8 Å². The summed E-state index contributed by atoms with van der Waals surface area (Å²) < 4.78 is 20.4. The van der Waals surface area contributed by atoms with Crippen LogP contribution in [0.5, 0.6) is 5.75 Å². The Bertz CT molecular complexity index is 537. The summed E-state index contributed by atoms with van der Waals surface area (Å²) in [7, 11) is 0. The average Bonchev–Trinajstić information content (AvgIpc) is 2.70. The second kappa shape index (κ2) is 5.08. The lowest BCUT2D eigenvalue weighted by Gasteiger charge is -2.07. The Morgan fingerprint density at radius 1 is 1.39 bits per heavy atom. The molecule has 0 bridgehead atoms. The van der Waals surface area contributed by atoms with Gasteiger partial charge in [0.15, 0.2) is 11.6 Å². The van der Waals surface area contributed by atoms with Crippen molar-refractivity contribution in [3.63, 3.8) is 0 Å². The number of para-hydroxylation sites is 1. The van der Waals surface area contributed by atoms with Gasteiger partial charge in [-0.15, -0.1) is 0 Å². The Morgan fingerprint density at radius 2 is 2.11 bits per heavy atom. The van der Waals surface area contributed by atoms with Gasteiger partial charge in [0, 0.05) is 12.1 Å². The van der Waals surface area contributed by atoms with Crippen LogP contribution in [0, 0.1) is 5.82 Å². The van der Waals surface area contributed by atoms with E-state index in [0.717, 1.165) is 0 Å². The molecular weight excluding hydrogens is 233 g/mol. The van der Waals surface area contributed by atoms with E-state index in [1.54, 1.807) is 28.9 Å². The van der Waals surface area contributed by atoms with Gasteiger partial charge in [-0.2, -0.15) is 5.10 Å². The molecule has 0 saturated heterocycles. The lowest BCUT2D eigenvalue weighted by atomic mass is 10.3. The number of halogens is 1. The minimum absolute atomic E-state index is 0.187. The number of anilines is 1. The van der Waals surface area contributed by atoms with Gasteiger partial charge in [0.2, 0.25) is 0 Å². The molecule has 0 amide bonds. The molecule has 0 fully saturated rings. The van der Waals surface area contributed by atoms with E-state index >= 15 is 0 Å². The van der Waals surface area contributed by atoms with Crippen molar-refractivity contribution in [2.24, 2.45) is 0 Å². The molecule has 1 heterocycles. The van der Waals surface area contributed by atoms with Crippen LogP contribution in [0.2, 0.25) is 0 Å². The summed E-state index contributed by atoms with van der Waals surface area (Å²) in [6, 6.07) is 8.20. The summed E-state index contributed by atoms with van der Waals surface area (Å²) in [5.41, 5.74) is 6.50. The second-order valence-corrected chi connectivity index (χ2v) is 4.32. The molecule has 2 N–H and O–H groups in total. The van der Waals surface area contributed by atoms with E-state index in [2.05, 4.69) is 5.10 Å². The first-order valence-corrected chi connectivity index (χ1v) is 5.79. The molecular formula is C13H16FN3O. The Balaban J connectivity index is 2.07. The largest absolute Gasteiger partial charge is 0.484 e. The zero-order chi connectivity index (χ0) is 13.1. The number of nitrogen functional groups attached to an aromatic ring is 1. The van der Waals surface area contributed by atoms with Crippen molar-refractivity contribution in [3.8, 4) is 5.75 Å². The predicted molar refractivity (Wildman–Crippen MR) is 67.8 cm³/mol. The maximum atomic E-state index is 13.3. The van der Waals surface area contributed by atoms with Gasteiger partial charge in [0.05, 0.1) is 0 Å². The topological polar surface area (TPSA) is 53.1 Å². The van der Waals surface area contributed by atoms with Crippen LogP contribution in [0.1, 0.15) is 25.6 Å². The minimum atomic E-state index is -0.381. The summed E-state index contributed by atoms with van der Waals surface area (Å²) in [5, 5.41) is 4.30. The number of aromatic nitrogens is 2. The summed E-state index contributed by atoms with van der Waals surface area (Å²) >= 11 is 0. The van der Waals surface area contributed by atoms with Crippen LogP contribution in [0.4, 0.5) is 10.2 Å². The van der Waals surface area contributed by atoms with Crippen LogP contribution in [0.25, 0.3) is 0 Å². The molecule has 2 aromatic rings. The average molecular weight is 249 g/mol. The zero-order valence-electron chi connectivity index (χ0n) is 10.4. The van der Waals surface area contributed by atoms with Gasteiger partial charge in [-0.05, 0) is 26.0 Å². The Morgan fingerprint density at radius 3 is 2.72 bits per heavy atom. The number of nitrogens with zero attached hydrogens (tertiary/aromatic N) is 2. The molecule has 0 aliphatic rings. The molecule has 4 nitrogen and oxygen atoms in total. The maximum Gasteiger partial charge on any atom is 0.165 e. The van der Waals surface area contributed by atoms with E-state index < -0.39 is 0 Å². The fourth-order valence-electron chi connectivity index (χ4n) is 1.66. The van der Waals surface area contributed by atoms with Gasteiger partial charge in [0.1, 0.15) is 18.1 Å². The van der Waals surface area contributed by atoms with E-state index in [-0.39, 0.29) is 24.2 Å². The third-order valence-corrected chi connectivity index (χ3v) is 2.52. The molecule has 0 unspecified atom stereocenters. The molecule has 5 heteroatoms. The van der Waals surface area contributed by atoms with Gasteiger partial charge in [-0.1, -0.05) is 12.1 Å². The summed E-state index contributed by atoms with van der Waals surface area (Å²) in [6.45, 7) is 4.18. The lowest BCUT2D eigenvalue weighted by Crippen LogP contribution is -2.07. The highest BCUT2D eigenvalue weighted by Crippen LogP contribution is 2.18. The highest BCUT2D eigenvalue weighted by molar-refractivity contribution is 5.31. The Labute approximate surface area is 105 Å². The van der Waals surface area contributed by atoms with E-state index in [4.69, 9.17) is 10.5 Å². The summed E-state index contributed by atoms with van der Waals surface area (Å²) in [6.07, 6.45) is 0. The molecule has 96 valence electrons. The third kappa shape index (κ3) is 2.61. The molecule has 18 heavy (non-hydrogen) atoms. The van der Waals surface area contributed by atoms with Crippen LogP contribution in [-0.4, -0.2) is 9.78 Å². The zero-order valence-corrected chi connectivity index (χ0v) is 10.4. The predicted octanol–water partition coefficient (Wildman–Crippen LogP) is 2.76. The molecule has 0 spiro atoms. The fourth-order valence-corrected chi connectivity index (χ4v) is 1.66. The van der Waals surface area contributed by atoms with Gasteiger partial charge in [0.25, 0.3) is 0 Å². The SMILES string of the molecule is CC(C)n1nc(COc2ccccc2F)cc1N. The van der Waals surface area contributed by atoms with Crippen molar-refractivity contribution in [1.82, 2.24) is 9.78 Å². The van der Waals surface area contributed by atoms with Crippen molar-refractivity contribution >= 4 is 5.82 Å². The first-order valence-electron chi connectivity index (χ1n) is 5.79. The smallest absolute Gasteiger partial charge is 0.165 e. The lowest BCUT2D eigenvalue weighted by molar-refractivity contribution is 0.284. The number of hydrogen-bond acceptors (Lipinski definition) is 3. The Hall–Kier alpha value is -2.04. The van der Waals surface area contributed by atoms with E-state index in [1.165, 1.54) is 6.07 Å². The standard InChI is InChI=1S/C13H16FN3O/c1-9(2)17-13(15)7-10(16-17)8-18-12-6-4-3-5-11(12)14/h3-7,9H,8,15H2,1-2H3. The van der Waals surface area contributed by atoms with E-state index in [0.29, 0.717) is 11.5 Å². The molecule has 0 radical (unpaired) electrons. The number of hydrogen-bond donors (Lipinski definition) is 1. The van der Waals surface area contributed by atoms with Crippen LogP contribution in [0.15, 0.2) is 30.3 Å². The van der Waals surface area contributed by atoms with Crippen LogP contribution in [-0.2, 0) is 6.61 Å². The molecule has 1 aromatic heterocycles. The first kappa shape index (κ1) is 12.4. The second-order valence-electron chi connectivity index (χ2n) is 4.32. The van der Waals surface area contributed by atoms with Gasteiger partial charge in [-0.3, -0.25) is 0 Å². The number of benzene rings is 1. The molecule has 0 aliphatic carbocycles. The van der Waals surface area contributed by atoms with Crippen molar-refractivity contribution < 1.29 is 9.13 Å². The van der Waals surface area contributed by atoms with Gasteiger partial charge < -0.3 is 10.5 Å². The normalized spacial score (nSPS) is 10.9. The minimum Gasteiger partial charge on any atom is -0.484 e. The van der Waals surface area contributed by atoms with Crippen molar-refractivity contribution in [1.29, 1.82) is 0 Å². The van der Waals surface area contributed by atoms with Crippen LogP contribution >= 0.6 is 0 Å². The summed E-state index contributed by atoms with van der Waals surface area (Å²) in [5.74, 6) is 0.418. The van der Waals surface area contributed by atoms with Crippen molar-refractivity contribution in [3.05, 3.63) is 41.8 Å². The molecule has 2 rings (SSSR count). The van der Waals surface area contributed by atoms with Crippen molar-refractivity contribution in [2.75, 3.05) is 5.73 Å². The fraction of sp³-hybridized carbons (Fsp3) is 0.308. The highest BCUT2D eigenvalue weighted by atomic mass is 19.1. The highest BCUT2D eigenvalue weighted by Gasteiger charge is 2.09. The van der Waals surface area contributed by atoms with Crippen LogP contribution in [0.3, 0.4) is 0 Å². The number of rotatable bonds is 4. The Kier molecular flexibility index (Phi) is 3.50. The molecule has 0 atom stereocenters. The first-order chi connectivity index (χ1) is 8.58. The van der Waals surface area contributed by atoms with E-state index in [9.17, 15) is 4.39 Å². The number of ether oxygens (including phenoxy) is 1. The molecule has 0 aliphatic heterocycles. The van der Waals surface area contributed by atoms with Crippen LogP contribution < -0.4 is 10.5 Å². The molecule has 1 aromatic carbocycles. The summed E-state index contributed by atoms with van der Waals surface area (Å²) in [4.78, 5) is 0. The van der Waals surface area contributed by atoms with Gasteiger partial charge in [-0.25, -0.2) is 9.07 Å². The number of nitrogens with two attached hydrogens (primary N) is 1. The van der Waals surface area contributed by atoms with Gasteiger partial charge >= 0.3 is 0 Å². The maximum absolute atomic E-state index is 13.3. The monoisotopic (exact) mass is 249 g/mol.